The van der Waals surface area contributed by atoms with Crippen molar-refractivity contribution in [3.63, 3.8) is 0 Å². The van der Waals surface area contributed by atoms with Crippen LogP contribution in [-0.2, 0) is 0 Å². The number of hydrogen-bond donors (Lipinski definition) is 3. The fourth-order valence-electron chi connectivity index (χ4n) is 1.12. The first-order chi connectivity index (χ1) is 9.64. The number of rotatable bonds is 4. The Morgan fingerprint density at radius 2 is 2.14 bits per heavy atom. The Morgan fingerprint density at radius 1 is 1.52 bits per heavy atom. The summed E-state index contributed by atoms with van der Waals surface area (Å²) in [5.41, 5.74) is 6.33. The highest BCUT2D eigenvalue weighted by atomic mass is 79.9. The van der Waals surface area contributed by atoms with Gasteiger partial charge in [0.2, 0.25) is 5.71 Å². The lowest BCUT2D eigenvalue weighted by atomic mass is 10.3. The van der Waals surface area contributed by atoms with Gasteiger partial charge in [-0.05, 0) is 12.1 Å². The minimum atomic E-state index is -4.94. The predicted molar refractivity (Wildman–Crippen MR) is 74.4 cm³/mol. The maximum Gasteiger partial charge on any atom is 0.573 e. The Labute approximate surface area is 130 Å². The largest absolute Gasteiger partial charge is 0.573 e. The minimum absolute atomic E-state index is 0.145. The second-order valence-corrected chi connectivity index (χ2v) is 4.73. The van der Waals surface area contributed by atoms with Crippen molar-refractivity contribution in [2.75, 3.05) is 5.43 Å². The average molecular weight is 385 g/mol. The van der Waals surface area contributed by atoms with Crippen LogP contribution in [0.4, 0.5) is 18.9 Å². The molecule has 0 aliphatic heterocycles. The minimum Gasteiger partial charge on any atom is -0.403 e. The van der Waals surface area contributed by atoms with Crippen LogP contribution >= 0.6 is 27.5 Å². The van der Waals surface area contributed by atoms with Gasteiger partial charge in [0.1, 0.15) is 11.8 Å². The van der Waals surface area contributed by atoms with Gasteiger partial charge in [-0.2, -0.15) is 10.4 Å². The summed E-state index contributed by atoms with van der Waals surface area (Å²) in [6, 6.07) is 3.80. The van der Waals surface area contributed by atoms with Crippen molar-refractivity contribution >= 4 is 44.8 Å². The van der Waals surface area contributed by atoms with E-state index in [4.69, 9.17) is 28.0 Å². The second-order valence-electron chi connectivity index (χ2n) is 3.41. The molecule has 6 nitrogen and oxygen atoms in total. The molecular formula is C10H6BrClF3N5O. The molecule has 0 bridgehead atoms. The Hall–Kier alpha value is -1.99. The van der Waals surface area contributed by atoms with Gasteiger partial charge in [-0.25, -0.2) is 0 Å². The van der Waals surface area contributed by atoms with Crippen LogP contribution in [0.1, 0.15) is 0 Å². The summed E-state index contributed by atoms with van der Waals surface area (Å²) in [5.74, 6) is -1.32. The zero-order chi connectivity index (χ0) is 16.2. The Bertz CT molecular complexity index is 641. The lowest BCUT2D eigenvalue weighted by molar-refractivity contribution is -0.274. The van der Waals surface area contributed by atoms with Crippen molar-refractivity contribution in [2.24, 2.45) is 10.8 Å². The summed E-state index contributed by atoms with van der Waals surface area (Å²) in [6.45, 7) is 0. The number of hydrogen-bond acceptors (Lipinski definition) is 5. The van der Waals surface area contributed by atoms with Crippen molar-refractivity contribution in [3.8, 4) is 11.8 Å². The number of nitrogens with two attached hydrogens (primary N) is 1. The number of benzene rings is 1. The van der Waals surface area contributed by atoms with E-state index in [-0.39, 0.29) is 15.2 Å². The molecule has 21 heavy (non-hydrogen) atoms. The van der Waals surface area contributed by atoms with E-state index in [1.807, 2.05) is 0 Å². The standard InChI is InChI=1S/C10H6BrClF3N5O/c11-4-1-5(12)8(7(2-4)21-10(13,14)15)20-19-6(3-16)9(17)18/h1-2,20H,(H3,17,18)/b19-6+. The Morgan fingerprint density at radius 3 is 2.62 bits per heavy atom. The van der Waals surface area contributed by atoms with Gasteiger partial charge in [0.25, 0.3) is 0 Å². The van der Waals surface area contributed by atoms with E-state index in [2.05, 4.69) is 31.2 Å². The number of nitrogens with one attached hydrogen (secondary N) is 2. The number of alkyl halides is 3. The smallest absolute Gasteiger partial charge is 0.403 e. The molecule has 0 aromatic heterocycles. The quantitative estimate of drug-likeness (QED) is 0.421. The molecule has 0 unspecified atom stereocenters. The van der Waals surface area contributed by atoms with Gasteiger partial charge in [-0.15, -0.1) is 13.2 Å². The highest BCUT2D eigenvalue weighted by Gasteiger charge is 2.33. The molecule has 0 aliphatic carbocycles. The van der Waals surface area contributed by atoms with Gasteiger partial charge < -0.3 is 10.5 Å². The van der Waals surface area contributed by atoms with Crippen molar-refractivity contribution in [1.82, 2.24) is 0 Å². The molecule has 0 heterocycles. The first kappa shape index (κ1) is 17.1. The van der Waals surface area contributed by atoms with Crippen LogP contribution in [0.15, 0.2) is 21.7 Å². The number of hydrazone groups is 1. The van der Waals surface area contributed by atoms with Crippen LogP contribution < -0.4 is 15.9 Å². The zero-order valence-corrected chi connectivity index (χ0v) is 12.3. The summed E-state index contributed by atoms with van der Waals surface area (Å²) in [6.07, 6.45) is -4.94. The molecule has 0 saturated heterocycles. The molecular weight excluding hydrogens is 378 g/mol. The van der Waals surface area contributed by atoms with Crippen LogP contribution in [-0.4, -0.2) is 17.9 Å². The summed E-state index contributed by atoms with van der Waals surface area (Å²) in [4.78, 5) is 0. The maximum atomic E-state index is 12.3. The van der Waals surface area contributed by atoms with E-state index in [9.17, 15) is 13.2 Å². The molecule has 0 amide bonds. The summed E-state index contributed by atoms with van der Waals surface area (Å²) < 4.78 is 41.0. The van der Waals surface area contributed by atoms with Gasteiger partial charge in [-0.1, -0.05) is 27.5 Å². The third-order valence-corrected chi connectivity index (χ3v) is 2.64. The third kappa shape index (κ3) is 5.13. The number of ether oxygens (including phenoxy) is 1. The first-order valence-corrected chi connectivity index (χ1v) is 6.14. The first-order valence-electron chi connectivity index (χ1n) is 4.97. The van der Waals surface area contributed by atoms with Crippen LogP contribution in [0.3, 0.4) is 0 Å². The molecule has 4 N–H and O–H groups in total. The van der Waals surface area contributed by atoms with Crippen molar-refractivity contribution in [2.45, 2.75) is 6.36 Å². The summed E-state index contributed by atoms with van der Waals surface area (Å²) in [7, 11) is 0. The van der Waals surface area contributed by atoms with E-state index >= 15 is 0 Å². The Balaban J connectivity index is 3.23. The highest BCUT2D eigenvalue weighted by Crippen LogP contribution is 2.38. The number of halogens is 5. The molecule has 0 aliphatic rings. The number of amidine groups is 1. The number of anilines is 1. The topological polar surface area (TPSA) is 107 Å². The SMILES string of the molecule is N#C/C(=N\Nc1c(Cl)cc(Br)cc1OC(F)(F)F)C(=N)N. The Kier molecular flexibility index (Phi) is 5.40. The zero-order valence-electron chi connectivity index (χ0n) is 9.92. The van der Waals surface area contributed by atoms with Crippen LogP contribution in [0.5, 0.6) is 5.75 Å². The third-order valence-electron chi connectivity index (χ3n) is 1.89. The van der Waals surface area contributed by atoms with Crippen molar-refractivity contribution in [1.29, 1.82) is 10.7 Å². The lowest BCUT2D eigenvalue weighted by Gasteiger charge is -2.14. The predicted octanol–water partition coefficient (Wildman–Crippen LogP) is 3.23. The molecule has 0 radical (unpaired) electrons. The molecule has 0 spiro atoms. The van der Waals surface area contributed by atoms with Crippen molar-refractivity contribution in [3.05, 3.63) is 21.6 Å². The van der Waals surface area contributed by atoms with Gasteiger partial charge in [0.05, 0.1) is 5.02 Å². The molecule has 1 aromatic rings. The van der Waals surface area contributed by atoms with Gasteiger partial charge in [0.15, 0.2) is 11.6 Å². The van der Waals surface area contributed by atoms with E-state index < -0.39 is 23.7 Å². The van der Waals surface area contributed by atoms with Crippen LogP contribution in [0, 0.1) is 16.7 Å². The highest BCUT2D eigenvalue weighted by molar-refractivity contribution is 9.10. The summed E-state index contributed by atoms with van der Waals surface area (Å²) in [5, 5.41) is 18.9. The fourth-order valence-corrected chi connectivity index (χ4v) is 1.94. The number of nitriles is 1. The normalized spacial score (nSPS) is 11.7. The van der Waals surface area contributed by atoms with Gasteiger partial charge in [0, 0.05) is 4.47 Å². The van der Waals surface area contributed by atoms with Crippen LogP contribution in [0.2, 0.25) is 5.02 Å². The average Bonchev–Trinajstić information content (AvgIpc) is 2.29. The second kappa shape index (κ2) is 6.64. The number of nitrogens with zero attached hydrogens (tertiary/aromatic N) is 2. The summed E-state index contributed by atoms with van der Waals surface area (Å²) >= 11 is 8.76. The molecule has 1 aromatic carbocycles. The molecule has 1 rings (SSSR count). The molecule has 11 heteroatoms. The fraction of sp³-hybridized carbons (Fsp3) is 0.100. The molecule has 0 fully saturated rings. The molecule has 0 saturated carbocycles. The van der Waals surface area contributed by atoms with Crippen LogP contribution in [0.25, 0.3) is 0 Å². The molecule has 112 valence electrons. The van der Waals surface area contributed by atoms with E-state index in [1.54, 1.807) is 0 Å². The maximum absolute atomic E-state index is 12.3. The van der Waals surface area contributed by atoms with E-state index in [0.29, 0.717) is 0 Å². The van der Waals surface area contributed by atoms with Crippen molar-refractivity contribution < 1.29 is 17.9 Å². The molecule has 0 atom stereocenters. The van der Waals surface area contributed by atoms with Gasteiger partial charge in [-0.3, -0.25) is 10.8 Å². The van der Waals surface area contributed by atoms with E-state index in [1.165, 1.54) is 12.1 Å². The monoisotopic (exact) mass is 383 g/mol. The van der Waals surface area contributed by atoms with Gasteiger partial charge >= 0.3 is 6.36 Å². The lowest BCUT2D eigenvalue weighted by Crippen LogP contribution is -2.22. The van der Waals surface area contributed by atoms with E-state index in [0.717, 1.165) is 6.07 Å².